The average Bonchev–Trinajstić information content (AvgIpc) is 3.49. The number of alkyl halides is 1. The van der Waals surface area contributed by atoms with Gasteiger partial charge in [0.15, 0.2) is 10.8 Å². The van der Waals surface area contributed by atoms with Crippen LogP contribution >= 0.6 is 34.3 Å². The average molecular weight is 604 g/mol. The van der Waals surface area contributed by atoms with Crippen LogP contribution in [0.4, 0.5) is 5.13 Å². The second-order valence-corrected chi connectivity index (χ2v) is 10.4. The van der Waals surface area contributed by atoms with Gasteiger partial charge in [-0.15, -0.1) is 34.3 Å². The van der Waals surface area contributed by atoms with Gasteiger partial charge in [-0.2, -0.15) is 8.42 Å². The number of aromatic nitrogens is 1. The third-order valence-corrected chi connectivity index (χ3v) is 7.36. The SMILES string of the molecule is CO/N=C(\C(=O)NC1C(=O)N(S(=O)(=O)O)C1COC(=O)Cc1cccs1)c1csc(NC(=O)CCl)n1.[NaH]. The van der Waals surface area contributed by atoms with E-state index in [2.05, 4.69) is 25.6 Å². The summed E-state index contributed by atoms with van der Waals surface area (Å²) in [5, 5.41) is 11.5. The van der Waals surface area contributed by atoms with Crippen molar-refractivity contribution in [3.05, 3.63) is 33.5 Å². The van der Waals surface area contributed by atoms with Crippen LogP contribution in [0.15, 0.2) is 28.0 Å². The first kappa shape index (κ1) is 31.1. The zero-order valence-corrected chi connectivity index (χ0v) is 21.4. The molecule has 0 aromatic carbocycles. The van der Waals surface area contributed by atoms with Gasteiger partial charge in [0.25, 0.3) is 11.8 Å². The van der Waals surface area contributed by atoms with E-state index in [1.165, 1.54) is 16.7 Å². The zero-order chi connectivity index (χ0) is 26.5. The molecule has 37 heavy (non-hydrogen) atoms. The van der Waals surface area contributed by atoms with Crippen LogP contribution in [0, 0.1) is 0 Å². The molecule has 196 valence electrons. The number of esters is 1. The molecule has 3 heterocycles. The monoisotopic (exact) mass is 603 g/mol. The number of ether oxygens (including phenoxy) is 1. The first-order valence-corrected chi connectivity index (χ1v) is 13.5. The first-order valence-electron chi connectivity index (χ1n) is 9.77. The minimum atomic E-state index is -5.00. The number of β-lactam (4-membered cyclic amide) rings is 1. The normalized spacial score (nSPS) is 17.3. The summed E-state index contributed by atoms with van der Waals surface area (Å²) in [5.74, 6) is -3.69. The summed E-state index contributed by atoms with van der Waals surface area (Å²) in [6.45, 7) is -0.622. The summed E-state index contributed by atoms with van der Waals surface area (Å²) < 4.78 is 37.9. The Balaban J connectivity index is 0.00000481. The molecule has 2 atom stereocenters. The molecule has 3 rings (SSSR count). The Morgan fingerprint density at radius 3 is 2.65 bits per heavy atom. The molecule has 3 amide bonds. The molecule has 2 unspecified atom stereocenters. The fourth-order valence-electron chi connectivity index (χ4n) is 3.01. The molecule has 14 nitrogen and oxygen atoms in total. The molecule has 0 bridgehead atoms. The predicted octanol–water partition coefficient (Wildman–Crippen LogP) is -0.632. The van der Waals surface area contributed by atoms with Crippen LogP contribution in [0.25, 0.3) is 0 Å². The topological polar surface area (TPSA) is 194 Å². The van der Waals surface area contributed by atoms with E-state index in [0.29, 0.717) is 4.88 Å². The van der Waals surface area contributed by atoms with Crippen molar-refractivity contribution in [2.45, 2.75) is 18.5 Å². The van der Waals surface area contributed by atoms with E-state index in [-0.39, 0.29) is 57.0 Å². The number of thiophene rings is 1. The number of anilines is 1. The van der Waals surface area contributed by atoms with Gasteiger partial charge in [0.1, 0.15) is 37.4 Å². The number of carbonyl (C=O) groups is 4. The van der Waals surface area contributed by atoms with E-state index in [1.807, 2.05) is 0 Å². The number of carbonyl (C=O) groups excluding carboxylic acids is 4. The van der Waals surface area contributed by atoms with Crippen LogP contribution in [0.5, 0.6) is 0 Å². The number of amides is 3. The minimum absolute atomic E-state index is 0. The summed E-state index contributed by atoms with van der Waals surface area (Å²) >= 11 is 7.70. The van der Waals surface area contributed by atoms with Gasteiger partial charge in [0.05, 0.1) is 6.42 Å². The van der Waals surface area contributed by atoms with Gasteiger partial charge in [-0.3, -0.25) is 23.7 Å². The molecule has 1 saturated heterocycles. The second-order valence-electron chi connectivity index (χ2n) is 6.91. The summed E-state index contributed by atoms with van der Waals surface area (Å²) in [4.78, 5) is 58.2. The van der Waals surface area contributed by atoms with Gasteiger partial charge in [-0.25, -0.2) is 9.29 Å². The van der Waals surface area contributed by atoms with Crippen molar-refractivity contribution in [3.63, 3.8) is 0 Å². The quantitative estimate of drug-likeness (QED) is 0.0566. The fourth-order valence-corrected chi connectivity index (χ4v) is 5.34. The Kier molecular flexibility index (Phi) is 11.4. The Morgan fingerprint density at radius 2 is 2.05 bits per heavy atom. The van der Waals surface area contributed by atoms with E-state index >= 15 is 0 Å². The standard InChI is InChI=1S/C18H18ClN5O9S3.Na.H/c1-32-23-14(10-8-35-18(20-10)21-12(25)6-19)16(27)22-15-11(24(17(15)28)36(29,30)31)7-33-13(26)5-9-3-2-4-34-9;;/h2-4,8,11,15H,5-7H2,1H3,(H,22,27)(H,20,21,25)(H,29,30,31);;/b23-14-;;. The molecule has 0 radical (unpaired) electrons. The maximum absolute atomic E-state index is 12.9. The van der Waals surface area contributed by atoms with E-state index in [1.54, 1.807) is 17.5 Å². The van der Waals surface area contributed by atoms with Gasteiger partial charge < -0.3 is 20.2 Å². The molecule has 0 spiro atoms. The second kappa shape index (κ2) is 13.6. The van der Waals surface area contributed by atoms with Gasteiger partial charge in [0, 0.05) is 10.3 Å². The molecule has 3 N–H and O–H groups in total. The van der Waals surface area contributed by atoms with Crippen LogP contribution in [0.1, 0.15) is 10.6 Å². The summed E-state index contributed by atoms with van der Waals surface area (Å²) in [5.41, 5.74) is -0.423. The van der Waals surface area contributed by atoms with Crippen LogP contribution in [-0.4, -0.2) is 113 Å². The number of halogens is 1. The Morgan fingerprint density at radius 1 is 1.32 bits per heavy atom. The van der Waals surface area contributed by atoms with Gasteiger partial charge in [-0.1, -0.05) is 11.2 Å². The van der Waals surface area contributed by atoms with Crippen LogP contribution in [0.2, 0.25) is 0 Å². The molecular weight excluding hydrogens is 585 g/mol. The number of hydrogen-bond donors (Lipinski definition) is 3. The number of nitrogens with zero attached hydrogens (tertiary/aromatic N) is 3. The molecule has 19 heteroatoms. The molecule has 2 aromatic heterocycles. The van der Waals surface area contributed by atoms with Crippen LogP contribution in [0.3, 0.4) is 0 Å². The number of thiazole rings is 1. The maximum atomic E-state index is 12.9. The van der Waals surface area contributed by atoms with Crippen molar-refractivity contribution in [2.75, 3.05) is 24.9 Å². The van der Waals surface area contributed by atoms with Gasteiger partial charge >= 0.3 is 45.8 Å². The first-order chi connectivity index (χ1) is 17.0. The van der Waals surface area contributed by atoms with E-state index < -0.39 is 58.4 Å². The third kappa shape index (κ3) is 7.93. The molecule has 1 fully saturated rings. The van der Waals surface area contributed by atoms with E-state index in [0.717, 1.165) is 18.4 Å². The van der Waals surface area contributed by atoms with Crippen molar-refractivity contribution in [1.82, 2.24) is 14.6 Å². The summed E-state index contributed by atoms with van der Waals surface area (Å²) in [6.07, 6.45) is -0.0850. The predicted molar refractivity (Wildman–Crippen MR) is 135 cm³/mol. The molecular formula is C18H19ClN5NaO9S3. The van der Waals surface area contributed by atoms with Gasteiger partial charge in [0.2, 0.25) is 5.91 Å². The van der Waals surface area contributed by atoms with E-state index in [9.17, 15) is 32.1 Å². The molecule has 1 aliphatic rings. The summed E-state index contributed by atoms with van der Waals surface area (Å²) in [7, 11) is -3.84. The number of oxime groups is 1. The fraction of sp³-hybridized carbons (Fsp3) is 0.333. The van der Waals surface area contributed by atoms with Crippen LogP contribution < -0.4 is 10.6 Å². The van der Waals surface area contributed by atoms with Crippen LogP contribution in [-0.2, 0) is 45.5 Å². The number of rotatable bonds is 11. The Bertz CT molecular complexity index is 1290. The van der Waals surface area contributed by atoms with Crippen molar-refractivity contribution >= 4 is 109 Å². The van der Waals surface area contributed by atoms with E-state index in [4.69, 9.17) is 16.3 Å². The zero-order valence-electron chi connectivity index (χ0n) is 18.2. The number of nitrogens with one attached hydrogen (secondary N) is 2. The van der Waals surface area contributed by atoms with Crippen molar-refractivity contribution in [1.29, 1.82) is 0 Å². The molecule has 0 aliphatic carbocycles. The van der Waals surface area contributed by atoms with Gasteiger partial charge in [-0.05, 0) is 11.4 Å². The molecule has 0 saturated carbocycles. The Labute approximate surface area is 245 Å². The van der Waals surface area contributed by atoms with Crippen molar-refractivity contribution < 1.29 is 41.7 Å². The third-order valence-electron chi connectivity index (χ3n) is 4.53. The Hall–Kier alpha value is -2.12. The number of hydrogen-bond acceptors (Lipinski definition) is 12. The van der Waals surface area contributed by atoms with Crippen molar-refractivity contribution in [3.8, 4) is 0 Å². The van der Waals surface area contributed by atoms with Crippen molar-refractivity contribution in [2.24, 2.45) is 5.16 Å². The molecule has 2 aromatic rings. The molecule has 1 aliphatic heterocycles. The summed E-state index contributed by atoms with van der Waals surface area (Å²) in [6, 6.07) is 0.542.